The fourth-order valence-corrected chi connectivity index (χ4v) is 3.83. The molecule has 2 fully saturated rings. The normalized spacial score (nSPS) is 17.0. The highest BCUT2D eigenvalue weighted by atomic mass is 32.1. The molecule has 1 saturated heterocycles. The van der Waals surface area contributed by atoms with Crippen LogP contribution in [0.15, 0.2) is 23.7 Å². The first-order chi connectivity index (χ1) is 12.7. The number of amides is 2. The quantitative estimate of drug-likeness (QED) is 0.895. The van der Waals surface area contributed by atoms with Crippen molar-refractivity contribution in [2.75, 3.05) is 31.1 Å². The molecular formula is C18H20N6OS. The van der Waals surface area contributed by atoms with Crippen LogP contribution in [0.1, 0.15) is 35.0 Å². The fraction of sp³-hybridized carbons (Fsp3) is 0.444. The number of aromatic nitrogens is 2. The molecule has 2 aromatic heterocycles. The summed E-state index contributed by atoms with van der Waals surface area (Å²) in [7, 11) is 0. The standard InChI is InChI=1S/C18H20N6OS/c19-9-13-1-4-16(20-10-13)23-5-7-24(8-6-23)18(25)21-11-17-22-15(12-26-17)14-2-3-14/h1,4,10,12,14H,2-3,5-8,11H2,(H,21,25). The lowest BCUT2D eigenvalue weighted by molar-refractivity contribution is 0.194. The van der Waals surface area contributed by atoms with Crippen LogP contribution in [0, 0.1) is 11.3 Å². The third-order valence-corrected chi connectivity index (χ3v) is 5.59. The minimum atomic E-state index is -0.0411. The molecule has 2 amide bonds. The Hall–Kier alpha value is -2.66. The van der Waals surface area contributed by atoms with Crippen LogP contribution < -0.4 is 10.2 Å². The highest BCUT2D eigenvalue weighted by molar-refractivity contribution is 7.09. The van der Waals surface area contributed by atoms with E-state index >= 15 is 0 Å². The van der Waals surface area contributed by atoms with Crippen molar-refractivity contribution in [1.29, 1.82) is 5.26 Å². The number of nitriles is 1. The zero-order valence-electron chi connectivity index (χ0n) is 14.4. The lowest BCUT2D eigenvalue weighted by Crippen LogP contribution is -2.51. The number of pyridine rings is 1. The smallest absolute Gasteiger partial charge is 0.317 e. The number of piperazine rings is 1. The van der Waals surface area contributed by atoms with Gasteiger partial charge in [0.25, 0.3) is 0 Å². The van der Waals surface area contributed by atoms with Gasteiger partial charge in [-0.05, 0) is 25.0 Å². The first kappa shape index (κ1) is 16.8. The zero-order valence-corrected chi connectivity index (χ0v) is 15.2. The van der Waals surface area contributed by atoms with E-state index in [0.717, 1.165) is 23.9 Å². The number of rotatable bonds is 4. The van der Waals surface area contributed by atoms with E-state index in [4.69, 9.17) is 5.26 Å². The zero-order chi connectivity index (χ0) is 17.9. The van der Waals surface area contributed by atoms with E-state index in [2.05, 4.69) is 31.6 Å². The lowest BCUT2D eigenvalue weighted by atomic mass is 10.2. The monoisotopic (exact) mass is 368 g/mol. The first-order valence-electron chi connectivity index (χ1n) is 8.81. The van der Waals surface area contributed by atoms with Crippen molar-refractivity contribution in [3.8, 4) is 6.07 Å². The Balaban J connectivity index is 1.25. The molecule has 2 aliphatic rings. The van der Waals surface area contributed by atoms with Gasteiger partial charge in [-0.15, -0.1) is 11.3 Å². The van der Waals surface area contributed by atoms with Crippen LogP contribution in [0.4, 0.5) is 10.6 Å². The average Bonchev–Trinajstić information content (AvgIpc) is 3.44. The van der Waals surface area contributed by atoms with Crippen LogP contribution in [0.5, 0.6) is 0 Å². The van der Waals surface area contributed by atoms with E-state index in [1.165, 1.54) is 18.5 Å². The third kappa shape index (κ3) is 3.78. The minimum absolute atomic E-state index is 0.0411. The lowest BCUT2D eigenvalue weighted by Gasteiger charge is -2.35. The topological polar surface area (TPSA) is 85.2 Å². The number of urea groups is 1. The fourth-order valence-electron chi connectivity index (χ4n) is 3.01. The summed E-state index contributed by atoms with van der Waals surface area (Å²) in [5, 5.41) is 14.9. The molecule has 1 N–H and O–H groups in total. The number of nitrogens with one attached hydrogen (secondary N) is 1. The molecule has 4 rings (SSSR count). The van der Waals surface area contributed by atoms with Crippen molar-refractivity contribution in [2.45, 2.75) is 25.3 Å². The van der Waals surface area contributed by atoms with E-state index < -0.39 is 0 Å². The number of carbonyl (C=O) groups excluding carboxylic acids is 1. The maximum atomic E-state index is 12.4. The summed E-state index contributed by atoms with van der Waals surface area (Å²) in [4.78, 5) is 25.3. The SMILES string of the molecule is N#Cc1ccc(N2CCN(C(=O)NCc3nc(C4CC4)cs3)CC2)nc1. The van der Waals surface area contributed by atoms with E-state index in [1.54, 1.807) is 23.6 Å². The Morgan fingerprint density at radius 1 is 1.31 bits per heavy atom. The van der Waals surface area contributed by atoms with Crippen molar-refractivity contribution in [2.24, 2.45) is 0 Å². The van der Waals surface area contributed by atoms with E-state index in [9.17, 15) is 4.79 Å². The van der Waals surface area contributed by atoms with Crippen LogP contribution in [0.3, 0.4) is 0 Å². The second-order valence-electron chi connectivity index (χ2n) is 6.59. The van der Waals surface area contributed by atoms with Crippen molar-refractivity contribution in [1.82, 2.24) is 20.2 Å². The summed E-state index contributed by atoms with van der Waals surface area (Å²) in [5.74, 6) is 1.50. The highest BCUT2D eigenvalue weighted by Gasteiger charge is 2.26. The summed E-state index contributed by atoms with van der Waals surface area (Å²) < 4.78 is 0. The third-order valence-electron chi connectivity index (χ3n) is 4.72. The van der Waals surface area contributed by atoms with Gasteiger partial charge in [0.05, 0.1) is 17.8 Å². The first-order valence-corrected chi connectivity index (χ1v) is 9.69. The van der Waals surface area contributed by atoms with Crippen molar-refractivity contribution < 1.29 is 4.79 Å². The Labute approximate surface area is 156 Å². The molecular weight excluding hydrogens is 348 g/mol. The maximum absolute atomic E-state index is 12.4. The molecule has 3 heterocycles. The predicted octanol–water partition coefficient (Wildman–Crippen LogP) is 2.32. The molecule has 7 nitrogen and oxygen atoms in total. The number of hydrogen-bond acceptors (Lipinski definition) is 6. The number of hydrogen-bond donors (Lipinski definition) is 1. The van der Waals surface area contributed by atoms with Crippen LogP contribution in [-0.2, 0) is 6.54 Å². The van der Waals surface area contributed by atoms with Crippen molar-refractivity contribution in [3.63, 3.8) is 0 Å². The molecule has 1 aliphatic heterocycles. The molecule has 0 radical (unpaired) electrons. The highest BCUT2D eigenvalue weighted by Crippen LogP contribution is 2.40. The summed E-state index contributed by atoms with van der Waals surface area (Å²) in [6.07, 6.45) is 4.07. The van der Waals surface area contributed by atoms with Crippen LogP contribution in [0.25, 0.3) is 0 Å². The summed E-state index contributed by atoms with van der Waals surface area (Å²) in [6, 6.07) is 5.65. The van der Waals surface area contributed by atoms with E-state index in [0.29, 0.717) is 31.1 Å². The van der Waals surface area contributed by atoms with Gasteiger partial charge in [0.1, 0.15) is 16.9 Å². The Morgan fingerprint density at radius 2 is 2.12 bits per heavy atom. The van der Waals surface area contributed by atoms with Gasteiger partial charge in [-0.2, -0.15) is 5.26 Å². The Bertz CT molecular complexity index is 815. The Morgan fingerprint density at radius 3 is 2.77 bits per heavy atom. The average molecular weight is 368 g/mol. The van der Waals surface area contributed by atoms with Gasteiger partial charge >= 0.3 is 6.03 Å². The number of carbonyl (C=O) groups is 1. The molecule has 1 saturated carbocycles. The Kier molecular flexibility index (Phi) is 4.71. The number of thiazole rings is 1. The van der Waals surface area contributed by atoms with Crippen LogP contribution >= 0.6 is 11.3 Å². The molecule has 134 valence electrons. The van der Waals surface area contributed by atoms with Crippen LogP contribution in [0.2, 0.25) is 0 Å². The van der Waals surface area contributed by atoms with Gasteiger partial charge < -0.3 is 15.1 Å². The molecule has 26 heavy (non-hydrogen) atoms. The van der Waals surface area contributed by atoms with Gasteiger partial charge in [-0.25, -0.2) is 14.8 Å². The summed E-state index contributed by atoms with van der Waals surface area (Å²) >= 11 is 1.62. The van der Waals surface area contributed by atoms with Gasteiger partial charge in [0, 0.05) is 43.7 Å². The summed E-state index contributed by atoms with van der Waals surface area (Å²) in [6.45, 7) is 3.26. The van der Waals surface area contributed by atoms with Gasteiger partial charge in [-0.1, -0.05) is 0 Å². The molecule has 2 aromatic rings. The number of nitrogens with zero attached hydrogens (tertiary/aromatic N) is 5. The summed E-state index contributed by atoms with van der Waals surface area (Å²) in [5.41, 5.74) is 1.74. The molecule has 0 aromatic carbocycles. The molecule has 0 atom stereocenters. The van der Waals surface area contributed by atoms with Crippen molar-refractivity contribution >= 4 is 23.2 Å². The van der Waals surface area contributed by atoms with Crippen molar-refractivity contribution in [3.05, 3.63) is 40.0 Å². The largest absolute Gasteiger partial charge is 0.353 e. The van der Waals surface area contributed by atoms with E-state index in [-0.39, 0.29) is 6.03 Å². The molecule has 1 aliphatic carbocycles. The van der Waals surface area contributed by atoms with E-state index in [1.807, 2.05) is 11.0 Å². The predicted molar refractivity (Wildman–Crippen MR) is 99.1 cm³/mol. The minimum Gasteiger partial charge on any atom is -0.353 e. The second kappa shape index (κ2) is 7.30. The molecule has 0 spiro atoms. The second-order valence-corrected chi connectivity index (χ2v) is 7.53. The number of anilines is 1. The van der Waals surface area contributed by atoms with Gasteiger partial charge in [0.2, 0.25) is 0 Å². The van der Waals surface area contributed by atoms with Gasteiger partial charge in [0.15, 0.2) is 0 Å². The van der Waals surface area contributed by atoms with Crippen LogP contribution in [-0.4, -0.2) is 47.1 Å². The molecule has 0 unspecified atom stereocenters. The van der Waals surface area contributed by atoms with Gasteiger partial charge in [-0.3, -0.25) is 0 Å². The molecule has 0 bridgehead atoms. The maximum Gasteiger partial charge on any atom is 0.317 e. The molecule has 8 heteroatoms.